The number of nitrogens with zero attached hydrogens (tertiary/aromatic N) is 1. The second-order valence-corrected chi connectivity index (χ2v) is 6.17. The number of aromatic nitrogens is 1. The van der Waals surface area contributed by atoms with Crippen LogP contribution in [0.25, 0.3) is 10.9 Å². The number of amides is 1. The van der Waals surface area contributed by atoms with Gasteiger partial charge in [0.25, 0.3) is 5.91 Å². The quantitative estimate of drug-likeness (QED) is 0.647. The SMILES string of the molecule is O=C(COC(=O)c1ccc2ccccc2n1)NCCC1=CCCCC1. The van der Waals surface area contributed by atoms with Crippen molar-refractivity contribution in [2.45, 2.75) is 32.1 Å². The first kappa shape index (κ1) is 17.1. The van der Waals surface area contributed by atoms with E-state index in [4.69, 9.17) is 4.74 Å². The number of benzene rings is 1. The van der Waals surface area contributed by atoms with Crippen LogP contribution in [0.4, 0.5) is 0 Å². The van der Waals surface area contributed by atoms with Crippen LogP contribution in [0, 0.1) is 0 Å². The van der Waals surface area contributed by atoms with Gasteiger partial charge in [0.05, 0.1) is 5.52 Å². The molecule has 0 spiro atoms. The molecule has 5 heteroatoms. The van der Waals surface area contributed by atoms with Gasteiger partial charge in [-0.1, -0.05) is 35.9 Å². The maximum Gasteiger partial charge on any atom is 0.357 e. The van der Waals surface area contributed by atoms with E-state index in [1.807, 2.05) is 30.3 Å². The summed E-state index contributed by atoms with van der Waals surface area (Å²) in [4.78, 5) is 28.1. The van der Waals surface area contributed by atoms with Crippen LogP contribution in [0.5, 0.6) is 0 Å². The number of allylic oxidation sites excluding steroid dienone is 1. The van der Waals surface area contributed by atoms with Crippen molar-refractivity contribution >= 4 is 22.8 Å². The molecular formula is C20H22N2O3. The molecule has 0 fully saturated rings. The Hall–Kier alpha value is -2.69. The molecule has 1 aromatic heterocycles. The maximum absolute atomic E-state index is 12.0. The van der Waals surface area contributed by atoms with Crippen molar-refractivity contribution in [1.82, 2.24) is 10.3 Å². The predicted molar refractivity (Wildman–Crippen MR) is 96.2 cm³/mol. The number of pyridine rings is 1. The Bertz CT molecular complexity index is 798. The fraction of sp³-hybridized carbons (Fsp3) is 0.350. The predicted octanol–water partition coefficient (Wildman–Crippen LogP) is 3.40. The number of nitrogens with one attached hydrogen (secondary N) is 1. The van der Waals surface area contributed by atoms with Crippen molar-refractivity contribution in [3.8, 4) is 0 Å². The molecule has 2 aromatic rings. The van der Waals surface area contributed by atoms with E-state index in [2.05, 4.69) is 16.4 Å². The van der Waals surface area contributed by atoms with Gasteiger partial charge in [-0.3, -0.25) is 4.79 Å². The minimum Gasteiger partial charge on any atom is -0.451 e. The van der Waals surface area contributed by atoms with Gasteiger partial charge < -0.3 is 10.1 Å². The van der Waals surface area contributed by atoms with Crippen LogP contribution < -0.4 is 5.32 Å². The molecule has 0 bridgehead atoms. The number of rotatable bonds is 6. The molecule has 1 aliphatic carbocycles. The number of carbonyl (C=O) groups is 2. The smallest absolute Gasteiger partial charge is 0.357 e. The average molecular weight is 338 g/mol. The zero-order valence-corrected chi connectivity index (χ0v) is 14.2. The lowest BCUT2D eigenvalue weighted by Crippen LogP contribution is -2.30. The third kappa shape index (κ3) is 4.89. The molecule has 0 radical (unpaired) electrons. The van der Waals surface area contributed by atoms with Crippen LogP contribution in [-0.2, 0) is 9.53 Å². The number of esters is 1. The summed E-state index contributed by atoms with van der Waals surface area (Å²) < 4.78 is 5.05. The fourth-order valence-corrected chi connectivity index (χ4v) is 2.93. The normalized spacial score (nSPS) is 14.0. The Kier molecular flexibility index (Phi) is 5.77. The Morgan fingerprint density at radius 1 is 1.12 bits per heavy atom. The number of fused-ring (bicyclic) bond motifs is 1. The third-order valence-electron chi connectivity index (χ3n) is 4.30. The molecule has 0 saturated heterocycles. The standard InChI is InChI=1S/C20H22N2O3/c23-19(21-13-12-15-6-2-1-3-7-15)14-25-20(24)18-11-10-16-8-4-5-9-17(16)22-18/h4-6,8-11H,1-3,7,12-14H2,(H,21,23). The first-order valence-electron chi connectivity index (χ1n) is 8.70. The van der Waals surface area contributed by atoms with Gasteiger partial charge in [-0.25, -0.2) is 9.78 Å². The summed E-state index contributed by atoms with van der Waals surface area (Å²) in [6.45, 7) is 0.294. The highest BCUT2D eigenvalue weighted by atomic mass is 16.5. The summed E-state index contributed by atoms with van der Waals surface area (Å²) >= 11 is 0. The highest BCUT2D eigenvalue weighted by Crippen LogP contribution is 2.19. The lowest BCUT2D eigenvalue weighted by Gasteiger charge is -2.13. The second-order valence-electron chi connectivity index (χ2n) is 6.17. The van der Waals surface area contributed by atoms with Crippen LogP contribution >= 0.6 is 0 Å². The van der Waals surface area contributed by atoms with Gasteiger partial charge >= 0.3 is 5.97 Å². The van der Waals surface area contributed by atoms with Crippen molar-refractivity contribution in [3.63, 3.8) is 0 Å². The molecule has 1 N–H and O–H groups in total. The number of para-hydroxylation sites is 1. The summed E-state index contributed by atoms with van der Waals surface area (Å²) in [5.41, 5.74) is 2.34. The van der Waals surface area contributed by atoms with Crippen LogP contribution in [0.1, 0.15) is 42.6 Å². The van der Waals surface area contributed by atoms with E-state index in [1.54, 1.807) is 6.07 Å². The molecule has 1 heterocycles. The second kappa shape index (κ2) is 8.42. The zero-order chi connectivity index (χ0) is 17.5. The summed E-state index contributed by atoms with van der Waals surface area (Å²) in [5, 5.41) is 3.74. The van der Waals surface area contributed by atoms with Gasteiger partial charge in [-0.05, 0) is 44.2 Å². The number of ether oxygens (including phenoxy) is 1. The number of hydrogen-bond acceptors (Lipinski definition) is 4. The number of hydrogen-bond donors (Lipinski definition) is 1. The van der Waals surface area contributed by atoms with Crippen molar-refractivity contribution in [2.75, 3.05) is 13.2 Å². The molecule has 25 heavy (non-hydrogen) atoms. The van der Waals surface area contributed by atoms with E-state index in [-0.39, 0.29) is 18.2 Å². The summed E-state index contributed by atoms with van der Waals surface area (Å²) in [7, 11) is 0. The molecule has 1 aliphatic rings. The zero-order valence-electron chi connectivity index (χ0n) is 14.2. The Labute approximate surface area is 147 Å². The molecule has 0 unspecified atom stereocenters. The third-order valence-corrected chi connectivity index (χ3v) is 4.30. The van der Waals surface area contributed by atoms with Gasteiger partial charge in [-0.2, -0.15) is 0 Å². The van der Waals surface area contributed by atoms with E-state index in [1.165, 1.54) is 18.4 Å². The average Bonchev–Trinajstić information content (AvgIpc) is 2.66. The molecule has 3 rings (SSSR count). The van der Waals surface area contributed by atoms with E-state index in [9.17, 15) is 9.59 Å². The molecule has 130 valence electrons. The summed E-state index contributed by atoms with van der Waals surface area (Å²) in [5.74, 6) is -0.874. The summed E-state index contributed by atoms with van der Waals surface area (Å²) in [6, 6.07) is 11.0. The Morgan fingerprint density at radius 2 is 2.00 bits per heavy atom. The van der Waals surface area contributed by atoms with Gasteiger partial charge in [0, 0.05) is 11.9 Å². The van der Waals surface area contributed by atoms with Crippen molar-refractivity contribution in [2.24, 2.45) is 0 Å². The van der Waals surface area contributed by atoms with E-state index in [0.29, 0.717) is 6.54 Å². The first-order chi connectivity index (χ1) is 12.2. The Morgan fingerprint density at radius 3 is 2.84 bits per heavy atom. The van der Waals surface area contributed by atoms with Gasteiger partial charge in [0.2, 0.25) is 0 Å². The van der Waals surface area contributed by atoms with Gasteiger partial charge in [-0.15, -0.1) is 0 Å². The minimum absolute atomic E-state index is 0.207. The minimum atomic E-state index is -0.587. The van der Waals surface area contributed by atoms with Crippen molar-refractivity contribution in [1.29, 1.82) is 0 Å². The molecule has 0 saturated carbocycles. The van der Waals surface area contributed by atoms with E-state index in [0.717, 1.165) is 30.2 Å². The molecule has 0 aliphatic heterocycles. The van der Waals surface area contributed by atoms with E-state index < -0.39 is 5.97 Å². The van der Waals surface area contributed by atoms with Gasteiger partial charge in [0.1, 0.15) is 5.69 Å². The topological polar surface area (TPSA) is 68.3 Å². The Balaban J connectivity index is 1.44. The van der Waals surface area contributed by atoms with Crippen molar-refractivity contribution in [3.05, 3.63) is 53.7 Å². The highest BCUT2D eigenvalue weighted by molar-refractivity contribution is 5.92. The largest absolute Gasteiger partial charge is 0.451 e. The monoisotopic (exact) mass is 338 g/mol. The van der Waals surface area contributed by atoms with Gasteiger partial charge in [0.15, 0.2) is 6.61 Å². The first-order valence-corrected chi connectivity index (χ1v) is 8.70. The molecule has 1 aromatic carbocycles. The lowest BCUT2D eigenvalue weighted by molar-refractivity contribution is -0.124. The molecule has 1 amide bonds. The molecule has 0 atom stereocenters. The molecule has 5 nitrogen and oxygen atoms in total. The lowest BCUT2D eigenvalue weighted by atomic mass is 9.97. The fourth-order valence-electron chi connectivity index (χ4n) is 2.93. The van der Waals surface area contributed by atoms with Crippen LogP contribution in [0.15, 0.2) is 48.0 Å². The van der Waals surface area contributed by atoms with E-state index >= 15 is 0 Å². The maximum atomic E-state index is 12.0. The highest BCUT2D eigenvalue weighted by Gasteiger charge is 2.12. The van der Waals surface area contributed by atoms with Crippen LogP contribution in [0.3, 0.4) is 0 Å². The van der Waals surface area contributed by atoms with Crippen LogP contribution in [-0.4, -0.2) is 30.0 Å². The molecular weight excluding hydrogens is 316 g/mol. The van der Waals surface area contributed by atoms with Crippen LogP contribution in [0.2, 0.25) is 0 Å². The van der Waals surface area contributed by atoms with Crippen molar-refractivity contribution < 1.29 is 14.3 Å². The summed E-state index contributed by atoms with van der Waals surface area (Å²) in [6.07, 6.45) is 7.88. The number of carbonyl (C=O) groups excluding carboxylic acids is 2.